The number of carbonyl (C=O) groups excluding carboxylic acids is 1. The van der Waals surface area contributed by atoms with Crippen LogP contribution in [0.2, 0.25) is 0 Å². The Hall–Kier alpha value is -2.76. The first-order chi connectivity index (χ1) is 13.6. The zero-order valence-electron chi connectivity index (χ0n) is 15.9. The van der Waals surface area contributed by atoms with Gasteiger partial charge < -0.3 is 18.8 Å². The third kappa shape index (κ3) is 2.79. The quantitative estimate of drug-likeness (QED) is 0.795. The van der Waals surface area contributed by atoms with Gasteiger partial charge in [0.15, 0.2) is 23.4 Å². The number of nitrogens with zero attached hydrogens (tertiary/aromatic N) is 1. The van der Waals surface area contributed by atoms with Crippen molar-refractivity contribution in [2.75, 3.05) is 13.2 Å². The van der Waals surface area contributed by atoms with Gasteiger partial charge in [0.2, 0.25) is 0 Å². The van der Waals surface area contributed by atoms with E-state index in [1.807, 2.05) is 29.2 Å². The van der Waals surface area contributed by atoms with Gasteiger partial charge in [-0.3, -0.25) is 4.79 Å². The fourth-order valence-electron chi connectivity index (χ4n) is 4.42. The molecule has 1 aromatic carbocycles. The molecule has 146 valence electrons. The fraction of sp³-hybridized carbons (Fsp3) is 0.455. The largest absolute Gasteiger partial charge is 0.485 e. The molecule has 3 heterocycles. The molecule has 1 unspecified atom stereocenters. The minimum atomic E-state index is -0.594. The first-order valence-electron chi connectivity index (χ1n) is 9.92. The average Bonchev–Trinajstić information content (AvgIpc) is 3.46. The molecule has 5 rings (SSSR count). The van der Waals surface area contributed by atoms with Crippen molar-refractivity contribution < 1.29 is 18.7 Å². The van der Waals surface area contributed by atoms with E-state index in [1.54, 1.807) is 13.0 Å². The van der Waals surface area contributed by atoms with Crippen LogP contribution in [-0.2, 0) is 0 Å². The Morgan fingerprint density at radius 1 is 1.14 bits per heavy atom. The Kier molecular flexibility index (Phi) is 3.96. The maximum Gasteiger partial charge on any atom is 0.349 e. The molecule has 2 aliphatic heterocycles. The van der Waals surface area contributed by atoms with Crippen LogP contribution in [0.3, 0.4) is 0 Å². The molecule has 3 aliphatic rings. The maximum atomic E-state index is 13.2. The predicted octanol–water partition coefficient (Wildman–Crippen LogP) is 3.62. The van der Waals surface area contributed by atoms with Gasteiger partial charge in [0.05, 0.1) is 0 Å². The zero-order chi connectivity index (χ0) is 19.3. The van der Waals surface area contributed by atoms with E-state index in [1.165, 1.54) is 0 Å². The van der Waals surface area contributed by atoms with Gasteiger partial charge in [-0.2, -0.15) is 0 Å². The Morgan fingerprint density at radius 3 is 2.68 bits per heavy atom. The summed E-state index contributed by atoms with van der Waals surface area (Å²) in [5.74, 6) is 1.47. The number of benzene rings is 1. The second kappa shape index (κ2) is 6.40. The standard InChI is InChI=1S/C22H23NO5/c1-14-12-17(18-13-26-15-6-2-3-7-16(15)27-18)28-21(25)19(14)20(24)23-11-5-4-8-22(23)9-10-22/h2-3,6-7,12,18H,4-5,8-11,13H2,1H3. The molecule has 1 saturated carbocycles. The van der Waals surface area contributed by atoms with Gasteiger partial charge in [-0.25, -0.2) is 4.79 Å². The van der Waals surface area contributed by atoms with E-state index in [9.17, 15) is 9.59 Å². The molecule has 1 saturated heterocycles. The minimum Gasteiger partial charge on any atom is -0.485 e. The van der Waals surface area contributed by atoms with Gasteiger partial charge in [0.1, 0.15) is 12.2 Å². The second-order valence-electron chi connectivity index (χ2n) is 8.00. The summed E-state index contributed by atoms with van der Waals surface area (Å²) in [6, 6.07) is 9.12. The van der Waals surface area contributed by atoms with E-state index >= 15 is 0 Å². The highest BCUT2D eigenvalue weighted by Crippen LogP contribution is 2.48. The van der Waals surface area contributed by atoms with Gasteiger partial charge in [-0.15, -0.1) is 0 Å². The normalized spacial score (nSPS) is 22.2. The number of aryl methyl sites for hydroxylation is 1. The highest BCUT2D eigenvalue weighted by Gasteiger charge is 2.51. The van der Waals surface area contributed by atoms with Gasteiger partial charge >= 0.3 is 5.63 Å². The topological polar surface area (TPSA) is 69.0 Å². The molecular formula is C22H23NO5. The molecule has 6 heteroatoms. The monoisotopic (exact) mass is 381 g/mol. The van der Waals surface area contributed by atoms with Crippen LogP contribution < -0.4 is 15.1 Å². The first-order valence-corrected chi connectivity index (χ1v) is 9.92. The fourth-order valence-corrected chi connectivity index (χ4v) is 4.42. The van der Waals surface area contributed by atoms with Gasteiger partial charge in [-0.1, -0.05) is 12.1 Å². The summed E-state index contributed by atoms with van der Waals surface area (Å²) in [5.41, 5.74) is 0.162. The molecule has 2 aromatic rings. The van der Waals surface area contributed by atoms with E-state index in [-0.39, 0.29) is 23.6 Å². The van der Waals surface area contributed by atoms with Gasteiger partial charge in [0.25, 0.3) is 5.91 Å². The number of hydrogen-bond acceptors (Lipinski definition) is 5. The van der Waals surface area contributed by atoms with Crippen molar-refractivity contribution in [3.8, 4) is 11.5 Å². The molecule has 1 amide bonds. The maximum absolute atomic E-state index is 13.2. The van der Waals surface area contributed by atoms with Crippen LogP contribution in [0, 0.1) is 6.92 Å². The van der Waals surface area contributed by atoms with Crippen molar-refractivity contribution in [3.05, 3.63) is 57.6 Å². The predicted molar refractivity (Wildman–Crippen MR) is 102 cm³/mol. The van der Waals surface area contributed by atoms with Crippen molar-refractivity contribution in [2.45, 2.75) is 50.7 Å². The molecule has 0 N–H and O–H groups in total. The Balaban J connectivity index is 1.43. The minimum absolute atomic E-state index is 0.0169. The van der Waals surface area contributed by atoms with E-state index in [0.29, 0.717) is 22.8 Å². The summed E-state index contributed by atoms with van der Waals surface area (Å²) < 4.78 is 17.2. The van der Waals surface area contributed by atoms with Crippen LogP contribution >= 0.6 is 0 Å². The van der Waals surface area contributed by atoms with Crippen LogP contribution in [0.25, 0.3) is 0 Å². The number of rotatable bonds is 2. The Bertz CT molecular complexity index is 991. The lowest BCUT2D eigenvalue weighted by Crippen LogP contribution is -2.47. The van der Waals surface area contributed by atoms with Crippen molar-refractivity contribution in [2.24, 2.45) is 0 Å². The van der Waals surface area contributed by atoms with Crippen LogP contribution in [0.1, 0.15) is 59.9 Å². The number of hydrogen-bond donors (Lipinski definition) is 0. The molecule has 2 fully saturated rings. The summed E-state index contributed by atoms with van der Waals surface area (Å²) >= 11 is 0. The van der Waals surface area contributed by atoms with Gasteiger partial charge in [0, 0.05) is 12.1 Å². The van der Waals surface area contributed by atoms with Crippen LogP contribution in [0.5, 0.6) is 11.5 Å². The molecule has 6 nitrogen and oxygen atoms in total. The van der Waals surface area contributed by atoms with Gasteiger partial charge in [-0.05, 0) is 62.8 Å². The number of piperidine rings is 1. The molecule has 1 aromatic heterocycles. The second-order valence-corrected chi connectivity index (χ2v) is 8.00. The molecule has 1 atom stereocenters. The van der Waals surface area contributed by atoms with E-state index in [4.69, 9.17) is 13.9 Å². The van der Waals surface area contributed by atoms with Crippen molar-refractivity contribution in [3.63, 3.8) is 0 Å². The number of para-hydroxylation sites is 2. The summed E-state index contributed by atoms with van der Waals surface area (Å²) in [5, 5.41) is 0. The van der Waals surface area contributed by atoms with Crippen molar-refractivity contribution in [1.29, 1.82) is 0 Å². The summed E-state index contributed by atoms with van der Waals surface area (Å²) in [6.45, 7) is 2.76. The Morgan fingerprint density at radius 2 is 1.93 bits per heavy atom. The molecule has 1 aliphatic carbocycles. The zero-order valence-corrected chi connectivity index (χ0v) is 15.9. The number of likely N-dealkylation sites (tertiary alicyclic amines) is 1. The van der Waals surface area contributed by atoms with Crippen LogP contribution in [0.15, 0.2) is 39.5 Å². The molecular weight excluding hydrogens is 358 g/mol. The van der Waals surface area contributed by atoms with Crippen LogP contribution in [0.4, 0.5) is 0 Å². The summed E-state index contributed by atoms with van der Waals surface area (Å²) in [6.07, 6.45) is 4.73. The smallest absolute Gasteiger partial charge is 0.349 e. The van der Waals surface area contributed by atoms with E-state index in [2.05, 4.69) is 0 Å². The Labute approximate surface area is 163 Å². The molecule has 0 radical (unpaired) electrons. The van der Waals surface area contributed by atoms with E-state index < -0.39 is 11.7 Å². The summed E-state index contributed by atoms with van der Waals surface area (Å²) in [4.78, 5) is 27.8. The number of fused-ring (bicyclic) bond motifs is 1. The summed E-state index contributed by atoms with van der Waals surface area (Å²) in [7, 11) is 0. The lowest BCUT2D eigenvalue weighted by molar-refractivity contribution is 0.0559. The molecule has 0 bridgehead atoms. The number of amides is 1. The number of ether oxygens (including phenoxy) is 2. The molecule has 28 heavy (non-hydrogen) atoms. The van der Waals surface area contributed by atoms with E-state index in [0.717, 1.165) is 38.6 Å². The molecule has 1 spiro atoms. The SMILES string of the molecule is Cc1cc(C2COc3ccccc3O2)oc(=O)c1C(=O)N1CCCCC12CC2. The first kappa shape index (κ1) is 17.3. The average molecular weight is 381 g/mol. The lowest BCUT2D eigenvalue weighted by atomic mass is 9.98. The lowest BCUT2D eigenvalue weighted by Gasteiger charge is -2.36. The highest BCUT2D eigenvalue weighted by molar-refractivity contribution is 5.96. The third-order valence-corrected chi connectivity index (χ3v) is 6.13. The third-order valence-electron chi connectivity index (χ3n) is 6.13. The number of carbonyl (C=O) groups is 1. The highest BCUT2D eigenvalue weighted by atomic mass is 16.6. The van der Waals surface area contributed by atoms with Crippen molar-refractivity contribution in [1.82, 2.24) is 4.90 Å². The van der Waals surface area contributed by atoms with Crippen molar-refractivity contribution >= 4 is 5.91 Å². The van der Waals surface area contributed by atoms with Crippen LogP contribution in [-0.4, -0.2) is 29.5 Å².